The van der Waals surface area contributed by atoms with Crippen LogP contribution in [0.4, 0.5) is 0 Å². The van der Waals surface area contributed by atoms with Crippen molar-refractivity contribution in [3.8, 4) is 0 Å². The summed E-state index contributed by atoms with van der Waals surface area (Å²) in [5, 5.41) is 3.42. The Morgan fingerprint density at radius 3 is 2.88 bits per heavy atom. The third-order valence-corrected chi connectivity index (χ3v) is 3.40. The second kappa shape index (κ2) is 6.67. The lowest BCUT2D eigenvalue weighted by molar-refractivity contribution is 0.193. The molecule has 0 bridgehead atoms. The quantitative estimate of drug-likeness (QED) is 0.780. The predicted octanol–water partition coefficient (Wildman–Crippen LogP) is 1.30. The first-order valence-corrected chi connectivity index (χ1v) is 6.52. The SMILES string of the molecule is CC1CCN(CCNCc2cnccn2)CC1. The molecule has 1 N–H and O–H groups in total. The molecule has 4 heteroatoms. The maximum atomic E-state index is 4.23. The third kappa shape index (κ3) is 4.40. The molecule has 1 fully saturated rings. The standard InChI is InChI=1S/C13H22N4/c1-12-2-7-17(8-3-12)9-6-15-11-13-10-14-4-5-16-13/h4-5,10,12,15H,2-3,6-9,11H2,1H3. The van der Waals surface area contributed by atoms with Crippen molar-refractivity contribution >= 4 is 0 Å². The van der Waals surface area contributed by atoms with Gasteiger partial charge >= 0.3 is 0 Å². The molecular weight excluding hydrogens is 212 g/mol. The molecule has 4 nitrogen and oxygen atoms in total. The third-order valence-electron chi connectivity index (χ3n) is 3.40. The van der Waals surface area contributed by atoms with Gasteiger partial charge in [0.2, 0.25) is 0 Å². The Morgan fingerprint density at radius 2 is 2.18 bits per heavy atom. The number of piperidine rings is 1. The van der Waals surface area contributed by atoms with Gasteiger partial charge in [0.15, 0.2) is 0 Å². The molecule has 0 radical (unpaired) electrons. The summed E-state index contributed by atoms with van der Waals surface area (Å²) in [4.78, 5) is 10.8. The minimum absolute atomic E-state index is 0.818. The second-order valence-electron chi connectivity index (χ2n) is 4.90. The number of hydrogen-bond acceptors (Lipinski definition) is 4. The topological polar surface area (TPSA) is 41.0 Å². The Balaban J connectivity index is 1.57. The van der Waals surface area contributed by atoms with Gasteiger partial charge in [-0.3, -0.25) is 9.97 Å². The fourth-order valence-electron chi connectivity index (χ4n) is 2.16. The molecule has 2 heterocycles. The van der Waals surface area contributed by atoms with E-state index < -0.39 is 0 Å². The molecule has 1 aliphatic heterocycles. The van der Waals surface area contributed by atoms with Gasteiger partial charge in [-0.2, -0.15) is 0 Å². The molecule has 17 heavy (non-hydrogen) atoms. The minimum atomic E-state index is 0.818. The van der Waals surface area contributed by atoms with Crippen molar-refractivity contribution in [2.75, 3.05) is 26.2 Å². The van der Waals surface area contributed by atoms with E-state index in [4.69, 9.17) is 0 Å². The first-order valence-electron chi connectivity index (χ1n) is 6.52. The van der Waals surface area contributed by atoms with E-state index in [1.54, 1.807) is 12.4 Å². The molecule has 94 valence electrons. The Hall–Kier alpha value is -1.00. The van der Waals surface area contributed by atoms with Gasteiger partial charge in [-0.05, 0) is 31.8 Å². The molecule has 0 saturated carbocycles. The molecular formula is C13H22N4. The van der Waals surface area contributed by atoms with Crippen LogP contribution in [0.25, 0.3) is 0 Å². The average Bonchev–Trinajstić information content (AvgIpc) is 2.38. The van der Waals surface area contributed by atoms with Crippen molar-refractivity contribution in [2.24, 2.45) is 5.92 Å². The molecule has 1 saturated heterocycles. The van der Waals surface area contributed by atoms with Crippen LogP contribution in [0.15, 0.2) is 18.6 Å². The van der Waals surface area contributed by atoms with Gasteiger partial charge in [0.25, 0.3) is 0 Å². The van der Waals surface area contributed by atoms with E-state index in [9.17, 15) is 0 Å². The number of nitrogens with zero attached hydrogens (tertiary/aromatic N) is 3. The van der Waals surface area contributed by atoms with Gasteiger partial charge in [-0.15, -0.1) is 0 Å². The molecule has 0 atom stereocenters. The lowest BCUT2D eigenvalue weighted by atomic mass is 9.99. The molecule has 1 aromatic rings. The summed E-state index contributed by atoms with van der Waals surface area (Å²) in [6.07, 6.45) is 7.96. The van der Waals surface area contributed by atoms with Gasteiger partial charge in [-0.25, -0.2) is 0 Å². The van der Waals surface area contributed by atoms with Crippen molar-refractivity contribution < 1.29 is 0 Å². The molecule has 1 aliphatic rings. The Kier molecular flexibility index (Phi) is 4.88. The Morgan fingerprint density at radius 1 is 1.35 bits per heavy atom. The first kappa shape index (κ1) is 12.5. The van der Waals surface area contributed by atoms with Crippen LogP contribution in [-0.2, 0) is 6.54 Å². The summed E-state index contributed by atoms with van der Waals surface area (Å²) in [6, 6.07) is 0. The Labute approximate surface area is 103 Å². The number of nitrogens with one attached hydrogen (secondary N) is 1. The summed E-state index contributed by atoms with van der Waals surface area (Å²) in [7, 11) is 0. The van der Waals surface area contributed by atoms with Crippen molar-refractivity contribution in [3.05, 3.63) is 24.3 Å². The van der Waals surface area contributed by atoms with E-state index in [-0.39, 0.29) is 0 Å². The van der Waals surface area contributed by atoms with E-state index in [2.05, 4.69) is 27.1 Å². The number of likely N-dealkylation sites (tertiary alicyclic amines) is 1. The molecule has 2 rings (SSSR count). The summed E-state index contributed by atoms with van der Waals surface area (Å²) in [6.45, 7) is 7.86. The minimum Gasteiger partial charge on any atom is -0.310 e. The van der Waals surface area contributed by atoms with Crippen LogP contribution in [0.3, 0.4) is 0 Å². The van der Waals surface area contributed by atoms with Gasteiger partial charge in [0.05, 0.1) is 5.69 Å². The van der Waals surface area contributed by atoms with Gasteiger partial charge in [0, 0.05) is 38.2 Å². The zero-order valence-electron chi connectivity index (χ0n) is 10.6. The fourth-order valence-corrected chi connectivity index (χ4v) is 2.16. The molecule has 0 aliphatic carbocycles. The summed E-state index contributed by atoms with van der Waals surface area (Å²) in [5.41, 5.74) is 1.01. The number of rotatable bonds is 5. The largest absolute Gasteiger partial charge is 0.310 e. The van der Waals surface area contributed by atoms with Crippen LogP contribution in [0.5, 0.6) is 0 Å². The predicted molar refractivity (Wildman–Crippen MR) is 68.6 cm³/mol. The molecule has 1 aromatic heterocycles. The zero-order chi connectivity index (χ0) is 11.9. The molecule has 0 aromatic carbocycles. The maximum absolute atomic E-state index is 4.23. The lowest BCUT2D eigenvalue weighted by Gasteiger charge is -2.30. The van der Waals surface area contributed by atoms with Crippen LogP contribution in [-0.4, -0.2) is 41.0 Å². The van der Waals surface area contributed by atoms with E-state index >= 15 is 0 Å². The molecule has 0 spiro atoms. The van der Waals surface area contributed by atoms with Crippen LogP contribution in [0.2, 0.25) is 0 Å². The highest BCUT2D eigenvalue weighted by Gasteiger charge is 2.14. The normalized spacial score (nSPS) is 18.4. The van der Waals surface area contributed by atoms with Crippen molar-refractivity contribution in [2.45, 2.75) is 26.3 Å². The van der Waals surface area contributed by atoms with E-state index in [0.29, 0.717) is 0 Å². The lowest BCUT2D eigenvalue weighted by Crippen LogP contribution is -2.37. The van der Waals surface area contributed by atoms with Crippen LogP contribution < -0.4 is 5.32 Å². The summed E-state index contributed by atoms with van der Waals surface area (Å²) < 4.78 is 0. The second-order valence-corrected chi connectivity index (χ2v) is 4.90. The highest BCUT2D eigenvalue weighted by molar-refractivity contribution is 4.93. The molecule has 0 amide bonds. The van der Waals surface area contributed by atoms with Gasteiger partial charge in [-0.1, -0.05) is 6.92 Å². The first-order chi connectivity index (χ1) is 8.34. The van der Waals surface area contributed by atoms with Gasteiger partial charge in [0.1, 0.15) is 0 Å². The number of hydrogen-bond donors (Lipinski definition) is 1. The Bertz CT molecular complexity index is 306. The smallest absolute Gasteiger partial charge is 0.0724 e. The summed E-state index contributed by atoms with van der Waals surface area (Å²) >= 11 is 0. The fraction of sp³-hybridized carbons (Fsp3) is 0.692. The highest BCUT2D eigenvalue weighted by atomic mass is 15.1. The van der Waals surface area contributed by atoms with Crippen LogP contribution >= 0.6 is 0 Å². The van der Waals surface area contributed by atoms with E-state index in [1.807, 2.05) is 6.20 Å². The monoisotopic (exact) mass is 234 g/mol. The van der Waals surface area contributed by atoms with Crippen LogP contribution in [0, 0.1) is 5.92 Å². The van der Waals surface area contributed by atoms with Crippen LogP contribution in [0.1, 0.15) is 25.5 Å². The van der Waals surface area contributed by atoms with E-state index in [0.717, 1.165) is 31.2 Å². The molecule has 0 unspecified atom stereocenters. The summed E-state index contributed by atoms with van der Waals surface area (Å²) in [5.74, 6) is 0.916. The maximum Gasteiger partial charge on any atom is 0.0724 e. The number of aromatic nitrogens is 2. The van der Waals surface area contributed by atoms with Crippen molar-refractivity contribution in [1.82, 2.24) is 20.2 Å². The van der Waals surface area contributed by atoms with Crippen molar-refractivity contribution in [3.63, 3.8) is 0 Å². The zero-order valence-corrected chi connectivity index (χ0v) is 10.6. The highest BCUT2D eigenvalue weighted by Crippen LogP contribution is 2.14. The van der Waals surface area contributed by atoms with E-state index in [1.165, 1.54) is 25.9 Å². The van der Waals surface area contributed by atoms with Gasteiger partial charge < -0.3 is 10.2 Å². The average molecular weight is 234 g/mol. The van der Waals surface area contributed by atoms with Crippen molar-refractivity contribution in [1.29, 1.82) is 0 Å².